The monoisotopic (exact) mass is 527 g/mol. The van der Waals surface area contributed by atoms with Crippen molar-refractivity contribution in [3.05, 3.63) is 29.8 Å². The summed E-state index contributed by atoms with van der Waals surface area (Å²) in [5.74, 6) is 0.235. The molecular weight excluding hydrogens is 490 g/mol. The van der Waals surface area contributed by atoms with Crippen molar-refractivity contribution >= 4 is 46.2 Å². The number of hydrogen-bond acceptors (Lipinski definition) is 7. The minimum absolute atomic E-state index is 0.0235. The smallest absolute Gasteiger partial charge is 0.259 e. The number of methoxy groups -OCH3 is 1. The molecule has 0 radical (unpaired) electrons. The van der Waals surface area contributed by atoms with Crippen molar-refractivity contribution in [2.45, 2.75) is 82.0 Å². The van der Waals surface area contributed by atoms with Gasteiger partial charge in [-0.2, -0.15) is 0 Å². The van der Waals surface area contributed by atoms with Gasteiger partial charge in [0.25, 0.3) is 5.91 Å². The van der Waals surface area contributed by atoms with Gasteiger partial charge in [-0.1, -0.05) is 50.1 Å². The third kappa shape index (κ3) is 6.78. The maximum absolute atomic E-state index is 13.5. The zero-order chi connectivity index (χ0) is 26.2. The average Bonchev–Trinajstić information content (AvgIpc) is 3.25. The van der Waals surface area contributed by atoms with Gasteiger partial charge in [0, 0.05) is 38.3 Å². The van der Waals surface area contributed by atoms with Crippen LogP contribution in [0.2, 0.25) is 0 Å². The molecule has 37 heavy (non-hydrogen) atoms. The number of para-hydroxylation sites is 1. The Morgan fingerprint density at radius 1 is 1.22 bits per heavy atom. The van der Waals surface area contributed by atoms with Crippen molar-refractivity contribution < 1.29 is 19.1 Å². The van der Waals surface area contributed by atoms with Crippen LogP contribution in [0.1, 0.15) is 70.3 Å². The lowest BCUT2D eigenvalue weighted by molar-refractivity contribution is -0.125. The van der Waals surface area contributed by atoms with E-state index in [1.165, 1.54) is 23.1 Å². The number of amides is 3. The Morgan fingerprint density at radius 3 is 2.76 bits per heavy atom. The van der Waals surface area contributed by atoms with Crippen molar-refractivity contribution in [1.82, 2.24) is 15.5 Å². The molecule has 2 N–H and O–H groups in total. The molecule has 1 aromatic rings. The fourth-order valence-electron chi connectivity index (χ4n) is 4.88. The highest BCUT2D eigenvalue weighted by Crippen LogP contribution is 2.35. The second kappa shape index (κ2) is 13.2. The number of nitrogens with zero attached hydrogens (tertiary/aromatic N) is 3. The summed E-state index contributed by atoms with van der Waals surface area (Å²) in [6.45, 7) is 3.05. The van der Waals surface area contributed by atoms with Crippen LogP contribution in [0.5, 0.6) is 0 Å². The number of carbonyl (C=O) groups excluding carboxylic acids is 3. The molecule has 4 rings (SSSR count). The summed E-state index contributed by atoms with van der Waals surface area (Å²) in [4.78, 5) is 50.0. The minimum Gasteiger partial charge on any atom is -0.385 e. The maximum atomic E-state index is 13.5. The van der Waals surface area contributed by atoms with Crippen molar-refractivity contribution in [2.75, 3.05) is 20.3 Å². The van der Waals surface area contributed by atoms with Gasteiger partial charge >= 0.3 is 0 Å². The number of ether oxygens (including phenoxy) is 1. The lowest BCUT2D eigenvalue weighted by Gasteiger charge is -2.27. The van der Waals surface area contributed by atoms with E-state index in [0.29, 0.717) is 37.0 Å². The fourth-order valence-corrected chi connectivity index (χ4v) is 5.92. The number of amidine groups is 2. The number of aliphatic imine (C=N–C) groups is 2. The van der Waals surface area contributed by atoms with Crippen LogP contribution in [0.3, 0.4) is 0 Å². The van der Waals surface area contributed by atoms with Crippen molar-refractivity contribution in [3.8, 4) is 0 Å². The lowest BCUT2D eigenvalue weighted by atomic mass is 9.95. The summed E-state index contributed by atoms with van der Waals surface area (Å²) < 4.78 is 5.05. The highest BCUT2D eigenvalue weighted by Gasteiger charge is 2.42. The molecule has 3 aliphatic rings. The van der Waals surface area contributed by atoms with E-state index in [9.17, 15) is 14.4 Å². The normalized spacial score (nSPS) is 20.0. The summed E-state index contributed by atoms with van der Waals surface area (Å²) >= 11 is 1.28. The molecule has 2 aliphatic heterocycles. The largest absolute Gasteiger partial charge is 0.385 e. The second-order valence-electron chi connectivity index (χ2n) is 9.65. The van der Waals surface area contributed by atoms with Crippen LogP contribution in [0.25, 0.3) is 0 Å². The molecule has 0 unspecified atom stereocenters. The number of hydrogen-bond donors (Lipinski definition) is 2. The van der Waals surface area contributed by atoms with Gasteiger partial charge in [0.05, 0.1) is 10.9 Å². The fraction of sp³-hybridized carbons (Fsp3) is 0.593. The van der Waals surface area contributed by atoms with E-state index in [4.69, 9.17) is 14.7 Å². The minimum atomic E-state index is -0.646. The highest BCUT2D eigenvalue weighted by atomic mass is 32.2. The Balaban J connectivity index is 1.45. The SMILES string of the molecule is CC[C@@H](SC1=Nc2ccccc2C2=N[C@H](CCC(=O)NC3CCCCC3)C(=O)N12)C(=O)NCCCOC. The highest BCUT2D eigenvalue weighted by molar-refractivity contribution is 8.15. The Hall–Kier alpha value is -2.72. The molecule has 0 aromatic heterocycles. The van der Waals surface area contributed by atoms with Gasteiger partial charge in [-0.25, -0.2) is 9.89 Å². The van der Waals surface area contributed by atoms with Crippen LogP contribution in [-0.2, 0) is 19.1 Å². The van der Waals surface area contributed by atoms with Crippen molar-refractivity contribution in [2.24, 2.45) is 9.98 Å². The van der Waals surface area contributed by atoms with Crippen LogP contribution in [-0.4, -0.2) is 71.2 Å². The first-order valence-electron chi connectivity index (χ1n) is 13.3. The molecule has 0 bridgehead atoms. The zero-order valence-corrected chi connectivity index (χ0v) is 22.5. The Kier molecular flexibility index (Phi) is 9.74. The third-order valence-electron chi connectivity index (χ3n) is 6.90. The molecule has 1 aromatic carbocycles. The van der Waals surface area contributed by atoms with Gasteiger partial charge in [-0.05, 0) is 44.2 Å². The van der Waals surface area contributed by atoms with Crippen LogP contribution in [0.4, 0.5) is 5.69 Å². The maximum Gasteiger partial charge on any atom is 0.259 e. The van der Waals surface area contributed by atoms with Gasteiger partial charge < -0.3 is 15.4 Å². The van der Waals surface area contributed by atoms with E-state index in [2.05, 4.69) is 10.6 Å². The summed E-state index contributed by atoms with van der Waals surface area (Å²) in [5, 5.41) is 6.13. The van der Waals surface area contributed by atoms with Crippen molar-refractivity contribution in [3.63, 3.8) is 0 Å². The standard InChI is InChI=1S/C27H37N5O4S/c1-3-22(25(34)28-16-9-17-36-2)37-27-31-20-13-8-7-12-19(20)24-30-21(26(35)32(24)27)14-15-23(33)29-18-10-5-4-6-11-18/h7-8,12-13,18,21-22H,3-6,9-11,14-17H2,1-2H3,(H,28,34)(H,29,33)/t21-,22-/m1/s1. The molecule has 1 saturated carbocycles. The first kappa shape index (κ1) is 27.3. The van der Waals surface area contributed by atoms with Gasteiger partial charge in [0.1, 0.15) is 11.9 Å². The Bertz CT molecular complexity index is 1050. The van der Waals surface area contributed by atoms with Crippen LogP contribution in [0, 0.1) is 0 Å². The van der Waals surface area contributed by atoms with Gasteiger partial charge in [-0.3, -0.25) is 19.4 Å². The predicted molar refractivity (Wildman–Crippen MR) is 146 cm³/mol. The quantitative estimate of drug-likeness (QED) is 0.428. The Morgan fingerprint density at radius 2 is 2.00 bits per heavy atom. The number of benzene rings is 1. The van der Waals surface area contributed by atoms with Crippen molar-refractivity contribution in [1.29, 1.82) is 0 Å². The van der Waals surface area contributed by atoms with Gasteiger partial charge in [0.15, 0.2) is 5.17 Å². The van der Waals surface area contributed by atoms with Gasteiger partial charge in [0.2, 0.25) is 11.8 Å². The first-order valence-corrected chi connectivity index (χ1v) is 14.2. The van der Waals surface area contributed by atoms with E-state index in [1.54, 1.807) is 7.11 Å². The molecule has 10 heteroatoms. The predicted octanol–water partition coefficient (Wildman–Crippen LogP) is 3.54. The first-order chi connectivity index (χ1) is 18.0. The van der Waals surface area contributed by atoms with Gasteiger partial charge in [-0.15, -0.1) is 0 Å². The van der Waals surface area contributed by atoms with Crippen LogP contribution < -0.4 is 10.6 Å². The zero-order valence-electron chi connectivity index (χ0n) is 21.7. The van der Waals surface area contributed by atoms with E-state index in [0.717, 1.165) is 43.4 Å². The number of nitrogens with one attached hydrogen (secondary N) is 2. The molecular formula is C27H37N5O4S. The number of rotatable bonds is 11. The van der Waals surface area contributed by atoms with E-state index in [1.807, 2.05) is 31.2 Å². The molecule has 3 amide bonds. The number of carbonyl (C=O) groups is 3. The molecule has 2 heterocycles. The van der Waals surface area contributed by atoms with E-state index in [-0.39, 0.29) is 30.2 Å². The topological polar surface area (TPSA) is 112 Å². The molecule has 0 saturated heterocycles. The number of thioether (sulfide) groups is 1. The van der Waals surface area contributed by atoms with E-state index >= 15 is 0 Å². The molecule has 1 fully saturated rings. The molecule has 9 nitrogen and oxygen atoms in total. The van der Waals surface area contributed by atoms with E-state index < -0.39 is 11.3 Å². The summed E-state index contributed by atoms with van der Waals surface area (Å²) in [6.07, 6.45) is 7.49. The summed E-state index contributed by atoms with van der Waals surface area (Å²) in [5.41, 5.74) is 1.50. The number of fused-ring (bicyclic) bond motifs is 3. The molecule has 200 valence electrons. The second-order valence-corrected chi connectivity index (χ2v) is 10.8. The summed E-state index contributed by atoms with van der Waals surface area (Å²) in [6, 6.07) is 7.17. The molecule has 0 spiro atoms. The Labute approximate surface area is 222 Å². The van der Waals surface area contributed by atoms with Crippen LogP contribution in [0.15, 0.2) is 34.3 Å². The molecule has 2 atom stereocenters. The lowest BCUT2D eigenvalue weighted by Crippen LogP contribution is -2.43. The third-order valence-corrected chi connectivity index (χ3v) is 8.21. The average molecular weight is 528 g/mol. The molecule has 1 aliphatic carbocycles. The van der Waals surface area contributed by atoms with Crippen LogP contribution >= 0.6 is 11.8 Å². The summed E-state index contributed by atoms with van der Waals surface area (Å²) in [7, 11) is 1.63.